The Morgan fingerprint density at radius 2 is 1.72 bits per heavy atom. The highest BCUT2D eigenvalue weighted by atomic mass is 35.5. The normalized spacial score (nSPS) is 20.5. The Kier molecular flexibility index (Phi) is 6.97. The SMILES string of the molecule is NS(=O)(=O)c1ccc(N=C2S/C(=C\c3ccc(Cl)c(Cl)c3)C(=O)N2C2CCCCC2)cc1. The second-order valence-electron chi connectivity index (χ2n) is 7.68. The lowest BCUT2D eigenvalue weighted by Crippen LogP contribution is -2.40. The van der Waals surface area contributed by atoms with Crippen LogP contribution in [-0.4, -0.2) is 30.4 Å². The zero-order valence-electron chi connectivity index (χ0n) is 17.0. The average Bonchev–Trinajstić information content (AvgIpc) is 3.05. The van der Waals surface area contributed by atoms with Crippen LogP contribution >= 0.6 is 35.0 Å². The van der Waals surface area contributed by atoms with E-state index in [4.69, 9.17) is 28.3 Å². The van der Waals surface area contributed by atoms with Crippen molar-refractivity contribution in [1.29, 1.82) is 0 Å². The van der Waals surface area contributed by atoms with Crippen molar-refractivity contribution in [3.05, 3.63) is 63.0 Å². The number of thioether (sulfide) groups is 1. The molecular formula is C22H21Cl2N3O3S2. The third kappa shape index (κ3) is 5.21. The molecule has 0 radical (unpaired) electrons. The van der Waals surface area contributed by atoms with Crippen LogP contribution in [0, 0.1) is 0 Å². The zero-order chi connectivity index (χ0) is 22.9. The maximum Gasteiger partial charge on any atom is 0.267 e. The van der Waals surface area contributed by atoms with E-state index in [9.17, 15) is 13.2 Å². The molecule has 2 fully saturated rings. The van der Waals surface area contributed by atoms with Gasteiger partial charge in [-0.1, -0.05) is 48.5 Å². The third-order valence-electron chi connectivity index (χ3n) is 5.41. The molecule has 2 aromatic rings. The molecule has 2 aromatic carbocycles. The molecular weight excluding hydrogens is 489 g/mol. The van der Waals surface area contributed by atoms with Gasteiger partial charge in [0, 0.05) is 6.04 Å². The Labute approximate surface area is 201 Å². The zero-order valence-corrected chi connectivity index (χ0v) is 20.1. The molecule has 1 aliphatic heterocycles. The first-order chi connectivity index (χ1) is 15.2. The van der Waals surface area contributed by atoms with Gasteiger partial charge >= 0.3 is 0 Å². The van der Waals surface area contributed by atoms with Crippen LogP contribution < -0.4 is 5.14 Å². The van der Waals surface area contributed by atoms with E-state index in [2.05, 4.69) is 4.99 Å². The second kappa shape index (κ2) is 9.57. The molecule has 168 valence electrons. The number of aliphatic imine (C=N–C) groups is 1. The lowest BCUT2D eigenvalue weighted by Gasteiger charge is -2.30. The van der Waals surface area contributed by atoms with Gasteiger partial charge in [-0.05, 0) is 72.6 Å². The number of amidine groups is 1. The van der Waals surface area contributed by atoms with Crippen molar-refractivity contribution in [3.8, 4) is 0 Å². The van der Waals surface area contributed by atoms with Crippen LogP contribution in [0.25, 0.3) is 6.08 Å². The summed E-state index contributed by atoms with van der Waals surface area (Å²) in [5.41, 5.74) is 1.32. The molecule has 2 aliphatic rings. The first-order valence-electron chi connectivity index (χ1n) is 10.1. The van der Waals surface area contributed by atoms with E-state index in [1.807, 2.05) is 0 Å². The molecule has 1 saturated carbocycles. The molecule has 4 rings (SSSR count). The van der Waals surface area contributed by atoms with Crippen molar-refractivity contribution >= 4 is 67.8 Å². The van der Waals surface area contributed by atoms with Crippen LogP contribution in [0.2, 0.25) is 10.0 Å². The third-order valence-corrected chi connectivity index (χ3v) is 8.06. The molecule has 10 heteroatoms. The fourth-order valence-electron chi connectivity index (χ4n) is 3.80. The number of sulfonamides is 1. The number of primary sulfonamides is 1. The number of carbonyl (C=O) groups is 1. The summed E-state index contributed by atoms with van der Waals surface area (Å²) in [6.45, 7) is 0. The highest BCUT2D eigenvalue weighted by Gasteiger charge is 2.38. The summed E-state index contributed by atoms with van der Waals surface area (Å²) in [6.07, 6.45) is 6.95. The Morgan fingerprint density at radius 1 is 1.03 bits per heavy atom. The van der Waals surface area contributed by atoms with E-state index in [1.165, 1.54) is 30.3 Å². The van der Waals surface area contributed by atoms with E-state index in [0.29, 0.717) is 25.8 Å². The van der Waals surface area contributed by atoms with Crippen LogP contribution in [0.5, 0.6) is 0 Å². The summed E-state index contributed by atoms with van der Waals surface area (Å²) < 4.78 is 23.0. The lowest BCUT2D eigenvalue weighted by molar-refractivity contribution is -0.124. The molecule has 6 nitrogen and oxygen atoms in total. The average molecular weight is 510 g/mol. The monoisotopic (exact) mass is 509 g/mol. The first-order valence-corrected chi connectivity index (χ1v) is 13.2. The van der Waals surface area contributed by atoms with Crippen LogP contribution in [0.1, 0.15) is 37.7 Å². The molecule has 2 N–H and O–H groups in total. The van der Waals surface area contributed by atoms with E-state index in [-0.39, 0.29) is 16.8 Å². The Morgan fingerprint density at radius 3 is 2.34 bits per heavy atom. The van der Waals surface area contributed by atoms with Gasteiger partial charge in [-0.15, -0.1) is 0 Å². The molecule has 0 atom stereocenters. The maximum atomic E-state index is 13.3. The largest absolute Gasteiger partial charge is 0.283 e. The summed E-state index contributed by atoms with van der Waals surface area (Å²) >= 11 is 13.4. The standard InChI is InChI=1S/C22H21Cl2N3O3S2/c23-18-11-6-14(12-19(18)24)13-20-21(28)27(16-4-2-1-3-5-16)22(31-20)26-15-7-9-17(10-8-15)32(25,29)30/h6-13,16H,1-5H2,(H2,25,29,30)/b20-13-,26-22?. The summed E-state index contributed by atoms with van der Waals surface area (Å²) in [6, 6.07) is 11.3. The van der Waals surface area contributed by atoms with Crippen LogP contribution in [0.15, 0.2) is 57.3 Å². The second-order valence-corrected chi connectivity index (χ2v) is 11.1. The summed E-state index contributed by atoms with van der Waals surface area (Å²) in [5.74, 6) is -0.0899. The van der Waals surface area contributed by atoms with Crippen molar-refractivity contribution in [2.75, 3.05) is 0 Å². The lowest BCUT2D eigenvalue weighted by atomic mass is 9.94. The fraction of sp³-hybridized carbons (Fsp3) is 0.273. The molecule has 1 saturated heterocycles. The van der Waals surface area contributed by atoms with Crippen molar-refractivity contribution in [2.24, 2.45) is 10.1 Å². The Balaban J connectivity index is 1.69. The Hall–Kier alpha value is -1.84. The van der Waals surface area contributed by atoms with Gasteiger partial charge in [0.1, 0.15) is 0 Å². The summed E-state index contributed by atoms with van der Waals surface area (Å²) in [7, 11) is -3.78. The molecule has 0 bridgehead atoms. The smallest absolute Gasteiger partial charge is 0.267 e. The molecule has 0 aromatic heterocycles. The topological polar surface area (TPSA) is 92.8 Å². The predicted octanol–water partition coefficient (Wildman–Crippen LogP) is 5.58. The van der Waals surface area contributed by atoms with E-state index >= 15 is 0 Å². The van der Waals surface area contributed by atoms with Crippen LogP contribution in [0.3, 0.4) is 0 Å². The number of amides is 1. The molecule has 1 amide bonds. The highest BCUT2D eigenvalue weighted by Crippen LogP contribution is 2.39. The van der Waals surface area contributed by atoms with Gasteiger partial charge in [0.05, 0.1) is 25.5 Å². The predicted molar refractivity (Wildman–Crippen MR) is 131 cm³/mol. The fourth-order valence-corrected chi connectivity index (χ4v) is 5.68. The van der Waals surface area contributed by atoms with Gasteiger partial charge in [0.2, 0.25) is 10.0 Å². The summed E-state index contributed by atoms with van der Waals surface area (Å²) in [4.78, 5) is 20.4. The van der Waals surface area contributed by atoms with E-state index < -0.39 is 10.0 Å². The van der Waals surface area contributed by atoms with Gasteiger partial charge in [-0.3, -0.25) is 9.69 Å². The maximum absolute atomic E-state index is 13.3. The minimum atomic E-state index is -3.78. The Bertz CT molecular complexity index is 1210. The van der Waals surface area contributed by atoms with Gasteiger partial charge in [0.15, 0.2) is 5.17 Å². The number of rotatable bonds is 4. The number of hydrogen-bond donors (Lipinski definition) is 1. The number of nitrogens with two attached hydrogens (primary N) is 1. The van der Waals surface area contributed by atoms with Gasteiger partial charge < -0.3 is 0 Å². The number of carbonyl (C=O) groups excluding carboxylic acids is 1. The van der Waals surface area contributed by atoms with Crippen LogP contribution in [0.4, 0.5) is 5.69 Å². The van der Waals surface area contributed by atoms with E-state index in [0.717, 1.165) is 31.2 Å². The van der Waals surface area contributed by atoms with Gasteiger partial charge in [0.25, 0.3) is 5.91 Å². The van der Waals surface area contributed by atoms with Crippen molar-refractivity contribution in [3.63, 3.8) is 0 Å². The number of halogens is 2. The molecule has 32 heavy (non-hydrogen) atoms. The number of nitrogens with zero attached hydrogens (tertiary/aromatic N) is 2. The van der Waals surface area contributed by atoms with Crippen molar-refractivity contribution in [2.45, 2.75) is 43.0 Å². The van der Waals surface area contributed by atoms with Crippen molar-refractivity contribution in [1.82, 2.24) is 4.90 Å². The quantitative estimate of drug-likeness (QED) is 0.544. The minimum absolute atomic E-state index is 0.0148. The summed E-state index contributed by atoms with van der Waals surface area (Å²) in [5, 5.41) is 6.63. The highest BCUT2D eigenvalue weighted by molar-refractivity contribution is 8.18. The van der Waals surface area contributed by atoms with Gasteiger partial charge in [-0.25, -0.2) is 18.5 Å². The number of benzene rings is 2. The first kappa shape index (κ1) is 23.3. The molecule has 1 aliphatic carbocycles. The molecule has 1 heterocycles. The van der Waals surface area contributed by atoms with Crippen molar-refractivity contribution < 1.29 is 13.2 Å². The molecule has 0 unspecified atom stereocenters. The van der Waals surface area contributed by atoms with Crippen LogP contribution in [-0.2, 0) is 14.8 Å². The number of hydrogen-bond acceptors (Lipinski definition) is 5. The van der Waals surface area contributed by atoms with Gasteiger partial charge in [-0.2, -0.15) is 0 Å². The van der Waals surface area contributed by atoms with E-state index in [1.54, 1.807) is 41.3 Å². The minimum Gasteiger partial charge on any atom is -0.283 e. The molecule has 0 spiro atoms.